The Balaban J connectivity index is 1.58. The molecule has 2 aliphatic carbocycles. The fraction of sp³-hybridized carbons (Fsp3) is 0.556. The van der Waals surface area contributed by atoms with Crippen LogP contribution in [0.2, 0.25) is 0 Å². The van der Waals surface area contributed by atoms with E-state index in [0.717, 1.165) is 32.4 Å². The molecule has 4 atom stereocenters. The number of fused-ring (bicyclic) bond motifs is 6. The van der Waals surface area contributed by atoms with E-state index >= 15 is 0 Å². The molecule has 5 aliphatic rings. The summed E-state index contributed by atoms with van der Waals surface area (Å²) in [4.78, 5) is 7.61. The number of hydrogen-bond acceptors (Lipinski definition) is 3. The lowest BCUT2D eigenvalue weighted by Gasteiger charge is -2.37. The highest BCUT2D eigenvalue weighted by atomic mass is 15.2. The Bertz CT molecular complexity index is 673. The number of nitriles is 1. The van der Waals surface area contributed by atoms with Crippen LogP contribution in [0.15, 0.2) is 40.1 Å². The SMILES string of the molecule is N#CC1C=C2C(C1)CN1CCC3=NC4=C(CCC=C4)C3C21. The summed E-state index contributed by atoms with van der Waals surface area (Å²) in [5.74, 6) is 1.30. The first-order chi connectivity index (χ1) is 10.3. The number of aliphatic imine (C=N–C) groups is 1. The second kappa shape index (κ2) is 4.18. The van der Waals surface area contributed by atoms with Crippen molar-refractivity contribution in [2.24, 2.45) is 22.7 Å². The minimum absolute atomic E-state index is 0.149. The van der Waals surface area contributed by atoms with Crippen LogP contribution in [-0.4, -0.2) is 29.7 Å². The maximum absolute atomic E-state index is 9.24. The molecule has 21 heavy (non-hydrogen) atoms. The number of piperidine rings is 1. The molecule has 106 valence electrons. The molecule has 3 nitrogen and oxygen atoms in total. The molecular weight excluding hydrogens is 258 g/mol. The summed E-state index contributed by atoms with van der Waals surface area (Å²) >= 11 is 0. The third kappa shape index (κ3) is 1.54. The van der Waals surface area contributed by atoms with Gasteiger partial charge in [-0.1, -0.05) is 17.7 Å². The van der Waals surface area contributed by atoms with Crippen LogP contribution in [-0.2, 0) is 0 Å². The van der Waals surface area contributed by atoms with Crippen molar-refractivity contribution in [2.75, 3.05) is 13.1 Å². The number of allylic oxidation sites excluding steroid dienone is 3. The molecule has 2 saturated heterocycles. The van der Waals surface area contributed by atoms with Gasteiger partial charge in [-0.05, 0) is 43.3 Å². The van der Waals surface area contributed by atoms with Gasteiger partial charge >= 0.3 is 0 Å². The Labute approximate surface area is 125 Å². The highest BCUT2D eigenvalue weighted by Crippen LogP contribution is 2.49. The molecule has 0 saturated carbocycles. The van der Waals surface area contributed by atoms with Gasteiger partial charge < -0.3 is 0 Å². The van der Waals surface area contributed by atoms with Gasteiger partial charge in [-0.2, -0.15) is 5.26 Å². The zero-order valence-corrected chi connectivity index (χ0v) is 12.1. The van der Waals surface area contributed by atoms with Gasteiger partial charge in [0.05, 0.1) is 17.7 Å². The van der Waals surface area contributed by atoms with Gasteiger partial charge in [-0.15, -0.1) is 0 Å². The zero-order valence-electron chi connectivity index (χ0n) is 12.1. The van der Waals surface area contributed by atoms with Gasteiger partial charge in [0.25, 0.3) is 0 Å². The predicted octanol–water partition coefficient (Wildman–Crippen LogP) is 2.84. The molecule has 0 spiro atoms. The lowest BCUT2D eigenvalue weighted by Crippen LogP contribution is -2.46. The van der Waals surface area contributed by atoms with Crippen LogP contribution in [0.3, 0.4) is 0 Å². The third-order valence-corrected chi connectivity index (χ3v) is 5.91. The standard InChI is InChI=1S/C18H19N3/c19-9-11-7-12-10-21-6-5-16-17(18(21)14(12)8-11)13-3-1-2-4-15(13)20-16/h2,4,8,11-12,17-18H,1,3,5-7,10H2. The highest BCUT2D eigenvalue weighted by molar-refractivity contribution is 5.95. The van der Waals surface area contributed by atoms with E-state index in [1.165, 1.54) is 17.8 Å². The van der Waals surface area contributed by atoms with E-state index in [-0.39, 0.29) is 5.92 Å². The summed E-state index contributed by atoms with van der Waals surface area (Å²) in [5.41, 5.74) is 5.79. The van der Waals surface area contributed by atoms with Crippen LogP contribution < -0.4 is 0 Å². The normalized spacial score (nSPS) is 40.1. The van der Waals surface area contributed by atoms with Crippen molar-refractivity contribution < 1.29 is 0 Å². The van der Waals surface area contributed by atoms with E-state index in [0.29, 0.717) is 17.9 Å². The van der Waals surface area contributed by atoms with Gasteiger partial charge in [0.2, 0.25) is 0 Å². The van der Waals surface area contributed by atoms with Gasteiger partial charge in [0.15, 0.2) is 0 Å². The van der Waals surface area contributed by atoms with Crippen molar-refractivity contribution >= 4 is 5.71 Å². The fourth-order valence-electron chi connectivity index (χ4n) is 5.09. The Morgan fingerprint density at radius 1 is 1.33 bits per heavy atom. The van der Waals surface area contributed by atoms with Crippen molar-refractivity contribution in [3.8, 4) is 6.07 Å². The van der Waals surface area contributed by atoms with E-state index in [9.17, 15) is 5.26 Å². The van der Waals surface area contributed by atoms with Gasteiger partial charge in [-0.25, -0.2) is 0 Å². The molecule has 0 N–H and O–H groups in total. The van der Waals surface area contributed by atoms with Crippen molar-refractivity contribution in [1.29, 1.82) is 5.26 Å². The van der Waals surface area contributed by atoms with E-state index < -0.39 is 0 Å². The maximum Gasteiger partial charge on any atom is 0.0697 e. The minimum Gasteiger partial charge on any atom is -0.295 e. The number of nitrogens with zero attached hydrogens (tertiary/aromatic N) is 3. The molecule has 3 heteroatoms. The zero-order chi connectivity index (χ0) is 14.0. The van der Waals surface area contributed by atoms with Crippen molar-refractivity contribution in [3.63, 3.8) is 0 Å². The number of hydrogen-bond donors (Lipinski definition) is 0. The molecule has 2 fully saturated rings. The van der Waals surface area contributed by atoms with Gasteiger partial charge in [-0.3, -0.25) is 9.89 Å². The topological polar surface area (TPSA) is 39.4 Å². The van der Waals surface area contributed by atoms with Crippen LogP contribution in [0.25, 0.3) is 0 Å². The quantitative estimate of drug-likeness (QED) is 0.639. The average molecular weight is 277 g/mol. The summed E-state index contributed by atoms with van der Waals surface area (Å²) < 4.78 is 0. The molecule has 0 amide bonds. The number of rotatable bonds is 0. The summed E-state index contributed by atoms with van der Waals surface area (Å²) in [6.07, 6.45) is 11.3. The first kappa shape index (κ1) is 11.9. The van der Waals surface area contributed by atoms with E-state index in [2.05, 4.69) is 29.2 Å². The van der Waals surface area contributed by atoms with Gasteiger partial charge in [0.1, 0.15) is 0 Å². The molecular formula is C18H19N3. The second-order valence-electron chi connectivity index (χ2n) is 6.96. The molecule has 5 rings (SSSR count). The van der Waals surface area contributed by atoms with Gasteiger partial charge in [0, 0.05) is 30.8 Å². The van der Waals surface area contributed by atoms with E-state index in [4.69, 9.17) is 4.99 Å². The first-order valence-electron chi connectivity index (χ1n) is 8.17. The molecule has 4 unspecified atom stereocenters. The third-order valence-electron chi connectivity index (χ3n) is 5.91. The summed E-state index contributed by atoms with van der Waals surface area (Å²) in [6.45, 7) is 2.31. The van der Waals surface area contributed by atoms with Crippen molar-refractivity contribution in [3.05, 3.63) is 35.1 Å². The highest BCUT2D eigenvalue weighted by Gasteiger charge is 2.50. The van der Waals surface area contributed by atoms with E-state index in [1.54, 1.807) is 11.1 Å². The largest absolute Gasteiger partial charge is 0.295 e. The fourth-order valence-corrected chi connectivity index (χ4v) is 5.09. The lowest BCUT2D eigenvalue weighted by atomic mass is 9.78. The average Bonchev–Trinajstić information content (AvgIpc) is 3.15. The van der Waals surface area contributed by atoms with Crippen LogP contribution in [0, 0.1) is 29.1 Å². The molecule has 3 aliphatic heterocycles. The Kier molecular flexibility index (Phi) is 2.37. The van der Waals surface area contributed by atoms with Crippen molar-refractivity contribution in [1.82, 2.24) is 4.90 Å². The Morgan fingerprint density at radius 2 is 2.29 bits per heavy atom. The van der Waals surface area contributed by atoms with Crippen LogP contribution in [0.5, 0.6) is 0 Å². The summed E-state index contributed by atoms with van der Waals surface area (Å²) in [6, 6.07) is 2.97. The van der Waals surface area contributed by atoms with Crippen LogP contribution in [0.1, 0.15) is 25.7 Å². The lowest BCUT2D eigenvalue weighted by molar-refractivity contribution is 0.224. The summed E-state index contributed by atoms with van der Waals surface area (Å²) in [5, 5.41) is 9.24. The minimum atomic E-state index is 0.149. The molecule has 3 heterocycles. The molecule has 0 aromatic heterocycles. The summed E-state index contributed by atoms with van der Waals surface area (Å²) in [7, 11) is 0. The molecule has 0 bridgehead atoms. The molecule has 0 aromatic rings. The molecule has 0 aromatic carbocycles. The monoisotopic (exact) mass is 277 g/mol. The van der Waals surface area contributed by atoms with Crippen molar-refractivity contribution in [2.45, 2.75) is 31.7 Å². The first-order valence-corrected chi connectivity index (χ1v) is 8.17. The van der Waals surface area contributed by atoms with Crippen LogP contribution >= 0.6 is 0 Å². The van der Waals surface area contributed by atoms with E-state index in [1.807, 2.05) is 0 Å². The second-order valence-corrected chi connectivity index (χ2v) is 6.96. The maximum atomic E-state index is 9.24. The predicted molar refractivity (Wildman–Crippen MR) is 81.6 cm³/mol. The Morgan fingerprint density at radius 3 is 3.19 bits per heavy atom. The van der Waals surface area contributed by atoms with Crippen LogP contribution in [0.4, 0.5) is 0 Å². The molecule has 0 radical (unpaired) electrons. The smallest absolute Gasteiger partial charge is 0.0697 e. The Hall–Kier alpha value is -1.66.